The Balaban J connectivity index is 1.37. The molecule has 0 N–H and O–H groups in total. The van der Waals surface area contributed by atoms with Crippen molar-refractivity contribution < 1.29 is 54.1 Å². The van der Waals surface area contributed by atoms with Crippen LogP contribution in [0.15, 0.2) is 43.0 Å². The zero-order chi connectivity index (χ0) is 27.7. The van der Waals surface area contributed by atoms with E-state index in [0.29, 0.717) is 24.3 Å². The van der Waals surface area contributed by atoms with Crippen LogP contribution in [0.25, 0.3) is 0 Å². The maximum absolute atomic E-state index is 14.9. The lowest BCUT2D eigenvalue weighted by atomic mass is 9.78. The van der Waals surface area contributed by atoms with E-state index in [1.54, 1.807) is 18.2 Å². The van der Waals surface area contributed by atoms with Crippen molar-refractivity contribution in [1.29, 1.82) is 0 Å². The van der Waals surface area contributed by atoms with Gasteiger partial charge in [0.2, 0.25) is 5.75 Å². The van der Waals surface area contributed by atoms with Crippen molar-refractivity contribution in [3.63, 3.8) is 0 Å². The van der Waals surface area contributed by atoms with Crippen molar-refractivity contribution >= 4 is 0 Å². The highest BCUT2D eigenvalue weighted by Crippen LogP contribution is 2.44. The van der Waals surface area contributed by atoms with E-state index >= 15 is 0 Å². The zero-order valence-electron chi connectivity index (χ0n) is 19.9. The Morgan fingerprint density at radius 1 is 0.816 bits per heavy atom. The predicted molar refractivity (Wildman–Crippen MR) is 118 cm³/mol. The van der Waals surface area contributed by atoms with E-state index in [0.717, 1.165) is 0 Å². The minimum Gasteiger partial charge on any atom is -0.432 e. The lowest BCUT2D eigenvalue weighted by Crippen LogP contribution is -2.37. The monoisotopic (exact) mass is 552 g/mol. The lowest BCUT2D eigenvalue weighted by molar-refractivity contribution is -0.276. The van der Waals surface area contributed by atoms with Crippen LogP contribution in [0.4, 0.5) is 35.1 Å². The third-order valence-electron chi connectivity index (χ3n) is 6.64. The number of ether oxygens (including phenoxy) is 4. The Hall–Kier alpha value is -2.86. The molecule has 2 aromatic rings. The normalized spacial score (nSPS) is 24.6. The average molecular weight is 552 g/mol. The van der Waals surface area contributed by atoms with Crippen LogP contribution in [-0.2, 0) is 9.47 Å². The molecule has 0 spiro atoms. The molecule has 4 nitrogen and oxygen atoms in total. The summed E-state index contributed by atoms with van der Waals surface area (Å²) in [6.07, 6.45) is -8.05. The number of hydrogen-bond donors (Lipinski definition) is 0. The van der Waals surface area contributed by atoms with Crippen LogP contribution >= 0.6 is 0 Å². The molecule has 2 aromatic carbocycles. The Labute approximate surface area is 213 Å². The molecule has 38 heavy (non-hydrogen) atoms. The fourth-order valence-corrected chi connectivity index (χ4v) is 4.66. The van der Waals surface area contributed by atoms with Gasteiger partial charge in [0.15, 0.2) is 17.9 Å². The summed E-state index contributed by atoms with van der Waals surface area (Å²) in [6.45, 7) is 4.46. The van der Waals surface area contributed by atoms with Crippen molar-refractivity contribution in [2.75, 3.05) is 13.2 Å². The molecule has 2 fully saturated rings. The van der Waals surface area contributed by atoms with Crippen molar-refractivity contribution in [1.82, 2.24) is 0 Å². The Morgan fingerprint density at radius 2 is 1.42 bits per heavy atom. The van der Waals surface area contributed by atoms with Crippen molar-refractivity contribution in [3.05, 3.63) is 71.6 Å². The molecule has 208 valence electrons. The summed E-state index contributed by atoms with van der Waals surface area (Å²) < 4.78 is 128. The summed E-state index contributed by atoms with van der Waals surface area (Å²) in [5.41, 5.74) is 0.856. The Morgan fingerprint density at radius 3 is 1.95 bits per heavy atom. The fourth-order valence-electron chi connectivity index (χ4n) is 4.66. The maximum atomic E-state index is 14.9. The van der Waals surface area contributed by atoms with E-state index in [9.17, 15) is 35.1 Å². The zero-order valence-corrected chi connectivity index (χ0v) is 19.9. The molecule has 0 aromatic heterocycles. The molecule has 0 atom stereocenters. The van der Waals surface area contributed by atoms with Gasteiger partial charge in [-0.15, -0.1) is 19.8 Å². The van der Waals surface area contributed by atoms with E-state index in [1.165, 1.54) is 6.07 Å². The van der Waals surface area contributed by atoms with Gasteiger partial charge in [-0.3, -0.25) is 0 Å². The molecular formula is C26H24F8O4. The molecule has 4 rings (SSSR count). The van der Waals surface area contributed by atoms with Crippen LogP contribution in [0.2, 0.25) is 0 Å². The second-order valence-corrected chi connectivity index (χ2v) is 9.25. The SMILES string of the molecule is C=CC1COC(c2ccc(C3CCC(C(F)(F)Oc4cc(F)c(OC(F)(F)F)c(F)c4)CC3)c(F)c2)OC1. The van der Waals surface area contributed by atoms with Crippen LogP contribution in [0.3, 0.4) is 0 Å². The first-order chi connectivity index (χ1) is 17.9. The van der Waals surface area contributed by atoms with Crippen LogP contribution < -0.4 is 9.47 Å². The number of rotatable bonds is 7. The van der Waals surface area contributed by atoms with Crippen LogP contribution in [0.1, 0.15) is 49.0 Å². The van der Waals surface area contributed by atoms with Gasteiger partial charge in [0.25, 0.3) is 0 Å². The van der Waals surface area contributed by atoms with Gasteiger partial charge in [-0.05, 0) is 43.2 Å². The van der Waals surface area contributed by atoms with E-state index in [4.69, 9.17) is 9.47 Å². The highest BCUT2D eigenvalue weighted by atomic mass is 19.4. The van der Waals surface area contributed by atoms with Gasteiger partial charge in [-0.25, -0.2) is 13.2 Å². The smallest absolute Gasteiger partial charge is 0.432 e. The van der Waals surface area contributed by atoms with Gasteiger partial charge in [-0.2, -0.15) is 8.78 Å². The average Bonchev–Trinajstić information content (AvgIpc) is 2.85. The van der Waals surface area contributed by atoms with Gasteiger partial charge in [0.05, 0.1) is 19.1 Å². The molecule has 0 radical (unpaired) electrons. The molecule has 1 saturated heterocycles. The Bertz CT molecular complexity index is 1110. The molecule has 0 unspecified atom stereocenters. The quantitative estimate of drug-likeness (QED) is 0.260. The van der Waals surface area contributed by atoms with Gasteiger partial charge < -0.3 is 18.9 Å². The van der Waals surface area contributed by atoms with E-state index < -0.39 is 53.6 Å². The van der Waals surface area contributed by atoms with Gasteiger partial charge in [0.1, 0.15) is 11.6 Å². The predicted octanol–water partition coefficient (Wildman–Crippen LogP) is 7.80. The summed E-state index contributed by atoms with van der Waals surface area (Å²) in [7, 11) is 0. The third kappa shape index (κ3) is 6.58. The molecular weight excluding hydrogens is 528 g/mol. The highest BCUT2D eigenvalue weighted by Gasteiger charge is 2.45. The first kappa shape index (κ1) is 28.2. The Kier molecular flexibility index (Phi) is 8.22. The number of halogens is 8. The minimum absolute atomic E-state index is 0.0495. The van der Waals surface area contributed by atoms with Crippen molar-refractivity contribution in [2.24, 2.45) is 11.8 Å². The maximum Gasteiger partial charge on any atom is 0.573 e. The summed E-state index contributed by atoms with van der Waals surface area (Å²) in [5.74, 6) is -8.63. The number of hydrogen-bond acceptors (Lipinski definition) is 4. The first-order valence-electron chi connectivity index (χ1n) is 11.8. The molecule has 1 heterocycles. The summed E-state index contributed by atoms with van der Waals surface area (Å²) in [5, 5.41) is 0. The minimum atomic E-state index is -5.38. The van der Waals surface area contributed by atoms with Gasteiger partial charge in [0, 0.05) is 23.6 Å². The lowest BCUT2D eigenvalue weighted by Gasteiger charge is -2.34. The number of benzene rings is 2. The highest BCUT2D eigenvalue weighted by molar-refractivity contribution is 5.35. The molecule has 0 bridgehead atoms. The largest absolute Gasteiger partial charge is 0.573 e. The molecule has 2 aliphatic rings. The van der Waals surface area contributed by atoms with E-state index in [1.807, 2.05) is 0 Å². The molecule has 1 aliphatic carbocycles. The van der Waals surface area contributed by atoms with Crippen LogP contribution in [0, 0.1) is 29.3 Å². The summed E-state index contributed by atoms with van der Waals surface area (Å²) in [4.78, 5) is 0. The van der Waals surface area contributed by atoms with E-state index in [2.05, 4.69) is 16.1 Å². The van der Waals surface area contributed by atoms with Gasteiger partial charge >= 0.3 is 12.5 Å². The van der Waals surface area contributed by atoms with Crippen LogP contribution in [0.5, 0.6) is 11.5 Å². The fraction of sp³-hybridized carbons (Fsp3) is 0.462. The number of alkyl halides is 5. The summed E-state index contributed by atoms with van der Waals surface area (Å²) in [6, 6.07) is 4.92. The van der Waals surface area contributed by atoms with Crippen molar-refractivity contribution in [3.8, 4) is 11.5 Å². The van der Waals surface area contributed by atoms with Crippen LogP contribution in [-0.4, -0.2) is 25.7 Å². The van der Waals surface area contributed by atoms with Gasteiger partial charge in [-0.1, -0.05) is 18.2 Å². The topological polar surface area (TPSA) is 36.9 Å². The summed E-state index contributed by atoms with van der Waals surface area (Å²) >= 11 is 0. The standard InChI is InChI=1S/C26H24F8O4/c1-2-14-12-35-24(36-13-14)16-5-8-19(20(27)9-16)15-3-6-17(7-4-15)25(30,31)37-18-10-21(28)23(22(29)11-18)38-26(32,33)34/h2,5,8-11,14-15,17,24H,1,3-4,6-7,12-13H2. The van der Waals surface area contributed by atoms with Crippen molar-refractivity contribution in [2.45, 2.75) is 50.4 Å². The molecule has 12 heteroatoms. The second-order valence-electron chi connectivity index (χ2n) is 9.25. The third-order valence-corrected chi connectivity index (χ3v) is 6.64. The van der Waals surface area contributed by atoms with E-state index in [-0.39, 0.29) is 49.7 Å². The molecule has 0 amide bonds. The molecule has 1 saturated carbocycles. The molecule has 1 aliphatic heterocycles. The first-order valence-corrected chi connectivity index (χ1v) is 11.8. The second kappa shape index (κ2) is 11.1.